The molecule has 0 aliphatic carbocycles. The quantitative estimate of drug-likeness (QED) is 0.799. The second-order valence-electron chi connectivity index (χ2n) is 3.87. The van der Waals surface area contributed by atoms with Crippen molar-refractivity contribution in [2.75, 3.05) is 32.1 Å². The molecule has 1 heterocycles. The van der Waals surface area contributed by atoms with Crippen molar-refractivity contribution in [3.8, 4) is 0 Å². The number of carbonyl (C=O) groups is 2. The minimum atomic E-state index is -1.12. The van der Waals surface area contributed by atoms with Gasteiger partial charge in [-0.05, 0) is 6.92 Å². The number of carboxylic acids is 1. The highest BCUT2D eigenvalue weighted by Gasteiger charge is 2.13. The summed E-state index contributed by atoms with van der Waals surface area (Å²) in [7, 11) is 3.35. The first kappa shape index (κ1) is 13.9. The van der Waals surface area contributed by atoms with Crippen molar-refractivity contribution in [2.24, 2.45) is 0 Å². The molecule has 18 heavy (non-hydrogen) atoms. The zero-order valence-corrected chi connectivity index (χ0v) is 10.6. The van der Waals surface area contributed by atoms with E-state index in [1.807, 2.05) is 6.92 Å². The number of aromatic nitrogens is 2. The Balaban J connectivity index is 2.82. The van der Waals surface area contributed by atoms with E-state index < -0.39 is 5.97 Å². The summed E-state index contributed by atoms with van der Waals surface area (Å²) in [5.74, 6) is -0.694. The van der Waals surface area contributed by atoms with Crippen molar-refractivity contribution < 1.29 is 14.7 Å². The van der Waals surface area contributed by atoms with Crippen LogP contribution in [0.4, 0.5) is 5.82 Å². The molecule has 1 amide bonds. The Labute approximate surface area is 105 Å². The van der Waals surface area contributed by atoms with Crippen LogP contribution in [0.2, 0.25) is 0 Å². The Kier molecular flexibility index (Phi) is 4.59. The molecule has 1 aromatic rings. The zero-order chi connectivity index (χ0) is 13.7. The summed E-state index contributed by atoms with van der Waals surface area (Å²) in [6, 6.07) is 0. The minimum absolute atomic E-state index is 0.0547. The monoisotopic (exact) mass is 252 g/mol. The molecule has 0 saturated carbocycles. The van der Waals surface area contributed by atoms with Crippen LogP contribution < -0.4 is 4.90 Å². The van der Waals surface area contributed by atoms with Crippen LogP contribution in [0, 0.1) is 0 Å². The maximum atomic E-state index is 11.6. The van der Waals surface area contributed by atoms with Crippen LogP contribution >= 0.6 is 0 Å². The number of carboxylic acid groups (broad SMARTS) is 1. The standard InChI is InChI=1S/C11H16N4O3/c1-4-15(7-10(16)14(2)3)9-6-12-8(5-13-9)11(17)18/h5-6H,4,7H2,1-3H3,(H,17,18). The van der Waals surface area contributed by atoms with Crippen molar-refractivity contribution in [3.05, 3.63) is 18.1 Å². The van der Waals surface area contributed by atoms with E-state index in [0.29, 0.717) is 12.4 Å². The Hall–Kier alpha value is -2.18. The lowest BCUT2D eigenvalue weighted by molar-refractivity contribution is -0.127. The molecule has 0 aliphatic heterocycles. The van der Waals surface area contributed by atoms with Crippen molar-refractivity contribution in [3.63, 3.8) is 0 Å². The highest BCUT2D eigenvalue weighted by molar-refractivity contribution is 5.85. The first-order valence-electron chi connectivity index (χ1n) is 5.46. The lowest BCUT2D eigenvalue weighted by atomic mass is 10.4. The van der Waals surface area contributed by atoms with E-state index in [9.17, 15) is 9.59 Å². The van der Waals surface area contributed by atoms with Crippen molar-refractivity contribution in [2.45, 2.75) is 6.92 Å². The van der Waals surface area contributed by atoms with Crippen LogP contribution in [0.15, 0.2) is 12.4 Å². The summed E-state index contributed by atoms with van der Waals surface area (Å²) in [6.07, 6.45) is 2.54. The molecule has 1 aromatic heterocycles. The molecule has 7 heteroatoms. The average molecular weight is 252 g/mol. The molecule has 0 bridgehead atoms. The van der Waals surface area contributed by atoms with Crippen molar-refractivity contribution in [1.29, 1.82) is 0 Å². The van der Waals surface area contributed by atoms with Gasteiger partial charge in [0.15, 0.2) is 5.69 Å². The third kappa shape index (κ3) is 3.41. The van der Waals surface area contributed by atoms with Gasteiger partial charge in [0.25, 0.3) is 0 Å². The third-order valence-electron chi connectivity index (χ3n) is 2.39. The topological polar surface area (TPSA) is 86.6 Å². The lowest BCUT2D eigenvalue weighted by Crippen LogP contribution is -2.37. The van der Waals surface area contributed by atoms with Gasteiger partial charge in [-0.25, -0.2) is 14.8 Å². The fraction of sp³-hybridized carbons (Fsp3) is 0.455. The molecule has 98 valence electrons. The number of amides is 1. The summed E-state index contributed by atoms with van der Waals surface area (Å²) >= 11 is 0. The number of likely N-dealkylation sites (N-methyl/N-ethyl adjacent to an activating group) is 2. The molecule has 1 rings (SSSR count). The summed E-state index contributed by atoms with van der Waals surface area (Å²) in [5.41, 5.74) is -0.117. The predicted octanol–water partition coefficient (Wildman–Crippen LogP) is 0.0893. The van der Waals surface area contributed by atoms with Gasteiger partial charge in [0.2, 0.25) is 5.91 Å². The molecule has 7 nitrogen and oxygen atoms in total. The highest BCUT2D eigenvalue weighted by Crippen LogP contribution is 2.08. The fourth-order valence-corrected chi connectivity index (χ4v) is 1.25. The van der Waals surface area contributed by atoms with Gasteiger partial charge in [-0.2, -0.15) is 0 Å². The number of anilines is 1. The fourth-order valence-electron chi connectivity index (χ4n) is 1.25. The van der Waals surface area contributed by atoms with E-state index in [1.54, 1.807) is 19.0 Å². The van der Waals surface area contributed by atoms with Crippen LogP contribution in [0.5, 0.6) is 0 Å². The van der Waals surface area contributed by atoms with E-state index in [1.165, 1.54) is 17.3 Å². The smallest absolute Gasteiger partial charge is 0.356 e. The average Bonchev–Trinajstić information content (AvgIpc) is 2.35. The van der Waals surface area contributed by atoms with E-state index in [0.717, 1.165) is 0 Å². The Morgan fingerprint density at radius 1 is 1.28 bits per heavy atom. The normalized spacial score (nSPS) is 9.94. The molecule has 0 aliphatic rings. The largest absolute Gasteiger partial charge is 0.476 e. The van der Waals surface area contributed by atoms with Gasteiger partial charge in [-0.3, -0.25) is 4.79 Å². The van der Waals surface area contributed by atoms with Crippen LogP contribution in [0.3, 0.4) is 0 Å². The number of hydrogen-bond donors (Lipinski definition) is 1. The second kappa shape index (κ2) is 5.95. The van der Waals surface area contributed by atoms with Gasteiger partial charge in [0.1, 0.15) is 5.82 Å². The summed E-state index contributed by atoms with van der Waals surface area (Å²) in [6.45, 7) is 2.65. The van der Waals surface area contributed by atoms with Crippen LogP contribution in [0.1, 0.15) is 17.4 Å². The van der Waals surface area contributed by atoms with E-state index in [4.69, 9.17) is 5.11 Å². The molecule has 0 atom stereocenters. The van der Waals surface area contributed by atoms with Gasteiger partial charge in [0, 0.05) is 20.6 Å². The van der Waals surface area contributed by atoms with E-state index in [-0.39, 0.29) is 18.1 Å². The van der Waals surface area contributed by atoms with Gasteiger partial charge in [-0.1, -0.05) is 0 Å². The summed E-state index contributed by atoms with van der Waals surface area (Å²) < 4.78 is 0. The Morgan fingerprint density at radius 2 is 1.94 bits per heavy atom. The minimum Gasteiger partial charge on any atom is -0.476 e. The summed E-state index contributed by atoms with van der Waals surface area (Å²) in [4.78, 5) is 33.2. The number of nitrogens with zero attached hydrogens (tertiary/aromatic N) is 4. The number of carbonyl (C=O) groups excluding carboxylic acids is 1. The summed E-state index contributed by atoms with van der Waals surface area (Å²) in [5, 5.41) is 8.71. The molecule has 0 aromatic carbocycles. The Bertz CT molecular complexity index is 430. The molecule has 0 spiro atoms. The third-order valence-corrected chi connectivity index (χ3v) is 2.39. The van der Waals surface area contributed by atoms with Gasteiger partial charge in [-0.15, -0.1) is 0 Å². The molecule has 0 fully saturated rings. The predicted molar refractivity (Wildman–Crippen MR) is 65.6 cm³/mol. The number of aromatic carboxylic acids is 1. The maximum Gasteiger partial charge on any atom is 0.356 e. The van der Waals surface area contributed by atoms with Gasteiger partial charge in [0.05, 0.1) is 18.9 Å². The van der Waals surface area contributed by atoms with Crippen LogP contribution in [-0.4, -0.2) is 59.0 Å². The van der Waals surface area contributed by atoms with E-state index >= 15 is 0 Å². The van der Waals surface area contributed by atoms with Gasteiger partial charge >= 0.3 is 5.97 Å². The first-order chi connectivity index (χ1) is 8.45. The highest BCUT2D eigenvalue weighted by atomic mass is 16.4. The van der Waals surface area contributed by atoms with Gasteiger partial charge < -0.3 is 14.9 Å². The molecule has 0 saturated heterocycles. The Morgan fingerprint density at radius 3 is 2.33 bits per heavy atom. The van der Waals surface area contributed by atoms with Crippen molar-refractivity contribution >= 4 is 17.7 Å². The van der Waals surface area contributed by atoms with Crippen LogP contribution in [-0.2, 0) is 4.79 Å². The number of rotatable bonds is 5. The van der Waals surface area contributed by atoms with Crippen molar-refractivity contribution in [1.82, 2.24) is 14.9 Å². The molecule has 1 N–H and O–H groups in total. The number of hydrogen-bond acceptors (Lipinski definition) is 5. The first-order valence-corrected chi connectivity index (χ1v) is 5.46. The molecular weight excluding hydrogens is 236 g/mol. The SMILES string of the molecule is CCN(CC(=O)N(C)C)c1cnc(C(=O)O)cn1. The van der Waals surface area contributed by atoms with E-state index in [2.05, 4.69) is 9.97 Å². The molecule has 0 unspecified atom stereocenters. The second-order valence-corrected chi connectivity index (χ2v) is 3.87. The zero-order valence-electron chi connectivity index (χ0n) is 10.6. The molecular formula is C11H16N4O3. The van der Waals surface area contributed by atoms with Crippen LogP contribution in [0.25, 0.3) is 0 Å². The molecule has 0 radical (unpaired) electrons. The lowest BCUT2D eigenvalue weighted by Gasteiger charge is -2.22. The maximum absolute atomic E-state index is 11.6.